The number of sulfone groups is 1. The summed E-state index contributed by atoms with van der Waals surface area (Å²) in [6.45, 7) is 3.15. The molecule has 1 amide bonds. The van der Waals surface area contributed by atoms with Crippen LogP contribution in [0.1, 0.15) is 13.8 Å². The number of anilines is 1. The van der Waals surface area contributed by atoms with Gasteiger partial charge in [0.2, 0.25) is 0 Å². The predicted molar refractivity (Wildman–Crippen MR) is 69.3 cm³/mol. The van der Waals surface area contributed by atoms with Gasteiger partial charge in [-0.1, -0.05) is 19.1 Å². The van der Waals surface area contributed by atoms with Crippen molar-refractivity contribution >= 4 is 21.4 Å². The summed E-state index contributed by atoms with van der Waals surface area (Å²) in [6, 6.07) is 6.33. The van der Waals surface area contributed by atoms with E-state index < -0.39 is 15.9 Å². The number of carbonyl (C=O) groups is 1. The molecule has 0 fully saturated rings. The average molecular weight is 271 g/mol. The van der Waals surface area contributed by atoms with Gasteiger partial charge < -0.3 is 10.1 Å². The second-order valence-corrected chi connectivity index (χ2v) is 6.01. The number of hydrogen-bond donors (Lipinski definition) is 1. The Labute approximate surface area is 107 Å². The molecule has 1 N–H and O–H groups in total. The minimum absolute atomic E-state index is 0.0142. The van der Waals surface area contributed by atoms with Crippen molar-refractivity contribution in [3.8, 4) is 0 Å². The molecule has 6 heteroatoms. The normalized spacial score (nSPS) is 13.1. The number of ether oxygens (including phenoxy) is 1. The number of benzene rings is 1. The van der Waals surface area contributed by atoms with Gasteiger partial charge >= 0.3 is 0 Å². The molecular formula is C12H17NO4S. The average Bonchev–Trinajstić information content (AvgIpc) is 2.38. The van der Waals surface area contributed by atoms with E-state index in [-0.39, 0.29) is 22.2 Å². The van der Waals surface area contributed by atoms with Crippen molar-refractivity contribution in [1.29, 1.82) is 0 Å². The number of rotatable bonds is 5. The summed E-state index contributed by atoms with van der Waals surface area (Å²) in [6.07, 6.45) is -0.637. The third kappa shape index (κ3) is 3.30. The zero-order valence-corrected chi connectivity index (χ0v) is 11.5. The lowest BCUT2D eigenvalue weighted by Crippen LogP contribution is -2.27. The summed E-state index contributed by atoms with van der Waals surface area (Å²) >= 11 is 0. The van der Waals surface area contributed by atoms with Crippen LogP contribution in [0.25, 0.3) is 0 Å². The van der Waals surface area contributed by atoms with E-state index in [0.717, 1.165) is 0 Å². The molecular weight excluding hydrogens is 254 g/mol. The van der Waals surface area contributed by atoms with Crippen molar-refractivity contribution in [3.63, 3.8) is 0 Å². The highest BCUT2D eigenvalue weighted by Gasteiger charge is 2.19. The van der Waals surface area contributed by atoms with Crippen molar-refractivity contribution in [1.82, 2.24) is 0 Å². The van der Waals surface area contributed by atoms with Crippen LogP contribution >= 0.6 is 0 Å². The summed E-state index contributed by atoms with van der Waals surface area (Å²) in [7, 11) is -1.95. The van der Waals surface area contributed by atoms with Gasteiger partial charge in [-0.2, -0.15) is 0 Å². The Morgan fingerprint density at radius 2 is 2.00 bits per heavy atom. The van der Waals surface area contributed by atoms with Gasteiger partial charge in [-0.25, -0.2) is 8.42 Å². The third-order valence-corrected chi connectivity index (χ3v) is 4.37. The molecule has 1 rings (SSSR count). The summed E-state index contributed by atoms with van der Waals surface area (Å²) < 4.78 is 28.6. The number of amides is 1. The van der Waals surface area contributed by atoms with Crippen molar-refractivity contribution in [2.75, 3.05) is 18.2 Å². The summed E-state index contributed by atoms with van der Waals surface area (Å²) in [5, 5.41) is 2.56. The van der Waals surface area contributed by atoms with Crippen LogP contribution < -0.4 is 5.32 Å². The highest BCUT2D eigenvalue weighted by atomic mass is 32.2. The van der Waals surface area contributed by atoms with Crippen molar-refractivity contribution in [3.05, 3.63) is 24.3 Å². The minimum atomic E-state index is -3.36. The molecule has 1 unspecified atom stereocenters. The fraction of sp³-hybridized carbons (Fsp3) is 0.417. The Hall–Kier alpha value is -1.40. The highest BCUT2D eigenvalue weighted by Crippen LogP contribution is 2.22. The monoisotopic (exact) mass is 271 g/mol. The van der Waals surface area contributed by atoms with Gasteiger partial charge in [0.1, 0.15) is 6.10 Å². The van der Waals surface area contributed by atoms with E-state index in [1.165, 1.54) is 13.2 Å². The first-order valence-corrected chi connectivity index (χ1v) is 7.23. The van der Waals surface area contributed by atoms with E-state index >= 15 is 0 Å². The van der Waals surface area contributed by atoms with Crippen LogP contribution in [0.5, 0.6) is 0 Å². The molecule has 100 valence electrons. The number of carbonyl (C=O) groups excluding carboxylic acids is 1. The van der Waals surface area contributed by atoms with Crippen molar-refractivity contribution < 1.29 is 17.9 Å². The van der Waals surface area contributed by atoms with E-state index in [0.29, 0.717) is 0 Å². The Kier molecular flexibility index (Phi) is 4.86. The van der Waals surface area contributed by atoms with Crippen LogP contribution in [0.3, 0.4) is 0 Å². The fourth-order valence-electron chi connectivity index (χ4n) is 1.34. The molecule has 1 aromatic carbocycles. The molecule has 0 saturated carbocycles. The van der Waals surface area contributed by atoms with Gasteiger partial charge in [0.05, 0.1) is 16.3 Å². The molecule has 0 spiro atoms. The Balaban J connectivity index is 3.08. The smallest absolute Gasteiger partial charge is 0.253 e. The third-order valence-electron chi connectivity index (χ3n) is 2.58. The molecule has 0 aromatic heterocycles. The Bertz CT molecular complexity index is 525. The largest absolute Gasteiger partial charge is 0.372 e. The van der Waals surface area contributed by atoms with Crippen LogP contribution in [0, 0.1) is 0 Å². The first-order chi connectivity index (χ1) is 8.42. The van der Waals surface area contributed by atoms with Crippen LogP contribution in [0.2, 0.25) is 0 Å². The van der Waals surface area contributed by atoms with E-state index in [1.54, 1.807) is 32.0 Å². The van der Waals surface area contributed by atoms with Gasteiger partial charge in [-0.05, 0) is 19.1 Å². The number of methoxy groups -OCH3 is 1. The standard InChI is InChI=1S/C12H17NO4S/c1-4-18(15,16)11-8-6-5-7-10(11)13-12(14)9(2)17-3/h5-9H,4H2,1-3H3,(H,13,14). The summed E-state index contributed by atoms with van der Waals surface area (Å²) in [5.41, 5.74) is 0.285. The van der Waals surface area contributed by atoms with Crippen LogP contribution in [0.15, 0.2) is 29.2 Å². The molecule has 18 heavy (non-hydrogen) atoms. The Morgan fingerprint density at radius 3 is 2.56 bits per heavy atom. The molecule has 1 aromatic rings. The molecule has 1 atom stereocenters. The quantitative estimate of drug-likeness (QED) is 0.880. The van der Waals surface area contributed by atoms with Gasteiger partial charge in [-0.15, -0.1) is 0 Å². The van der Waals surface area contributed by atoms with Crippen LogP contribution in [0.4, 0.5) is 5.69 Å². The van der Waals surface area contributed by atoms with E-state index in [1.807, 2.05) is 0 Å². The van der Waals surface area contributed by atoms with Gasteiger partial charge in [0, 0.05) is 7.11 Å². The zero-order valence-electron chi connectivity index (χ0n) is 10.6. The van der Waals surface area contributed by atoms with Crippen LogP contribution in [-0.2, 0) is 19.4 Å². The van der Waals surface area contributed by atoms with E-state index in [9.17, 15) is 13.2 Å². The SMILES string of the molecule is CCS(=O)(=O)c1ccccc1NC(=O)C(C)OC. The molecule has 0 heterocycles. The second-order valence-electron chi connectivity index (χ2n) is 3.77. The first-order valence-electron chi connectivity index (χ1n) is 5.57. The molecule has 0 aliphatic heterocycles. The first kappa shape index (κ1) is 14.7. The molecule has 5 nitrogen and oxygen atoms in total. The zero-order chi connectivity index (χ0) is 13.8. The second kappa shape index (κ2) is 5.97. The summed E-state index contributed by atoms with van der Waals surface area (Å²) in [4.78, 5) is 11.8. The van der Waals surface area contributed by atoms with Gasteiger partial charge in [0.15, 0.2) is 9.84 Å². The van der Waals surface area contributed by atoms with Gasteiger partial charge in [-0.3, -0.25) is 4.79 Å². The van der Waals surface area contributed by atoms with E-state index in [2.05, 4.69) is 5.32 Å². The van der Waals surface area contributed by atoms with E-state index in [4.69, 9.17) is 4.74 Å². The maximum atomic E-state index is 11.9. The van der Waals surface area contributed by atoms with Crippen molar-refractivity contribution in [2.24, 2.45) is 0 Å². The maximum absolute atomic E-state index is 11.9. The lowest BCUT2D eigenvalue weighted by atomic mass is 10.3. The van der Waals surface area contributed by atoms with Crippen molar-refractivity contribution in [2.45, 2.75) is 24.8 Å². The fourth-order valence-corrected chi connectivity index (χ4v) is 2.39. The predicted octanol–water partition coefficient (Wildman–Crippen LogP) is 1.45. The molecule has 0 aliphatic rings. The lowest BCUT2D eigenvalue weighted by molar-refractivity contribution is -0.124. The Morgan fingerprint density at radius 1 is 1.39 bits per heavy atom. The number of para-hydroxylation sites is 1. The molecule has 0 saturated heterocycles. The summed E-state index contributed by atoms with van der Waals surface area (Å²) in [5.74, 6) is -0.393. The van der Waals surface area contributed by atoms with Gasteiger partial charge in [0.25, 0.3) is 5.91 Å². The maximum Gasteiger partial charge on any atom is 0.253 e. The molecule has 0 bridgehead atoms. The highest BCUT2D eigenvalue weighted by molar-refractivity contribution is 7.91. The minimum Gasteiger partial charge on any atom is -0.372 e. The number of nitrogens with one attached hydrogen (secondary N) is 1. The molecule has 0 radical (unpaired) electrons. The van der Waals surface area contributed by atoms with Crippen LogP contribution in [-0.4, -0.2) is 33.3 Å². The topological polar surface area (TPSA) is 72.5 Å². The molecule has 0 aliphatic carbocycles. The lowest BCUT2D eigenvalue weighted by Gasteiger charge is -2.13. The number of hydrogen-bond acceptors (Lipinski definition) is 4.